The Labute approximate surface area is 198 Å². The highest BCUT2D eigenvalue weighted by Gasteiger charge is 2.35. The number of anilines is 1. The van der Waals surface area contributed by atoms with E-state index >= 15 is 0 Å². The number of ether oxygens (including phenoxy) is 2. The summed E-state index contributed by atoms with van der Waals surface area (Å²) in [7, 11) is 1.25. The van der Waals surface area contributed by atoms with Crippen LogP contribution in [0.25, 0.3) is 16.7 Å². The first-order chi connectivity index (χ1) is 16.3. The van der Waals surface area contributed by atoms with E-state index in [1.807, 2.05) is 0 Å². The zero-order valence-corrected chi connectivity index (χ0v) is 19.8. The number of para-hydroxylation sites is 1. The fourth-order valence-corrected chi connectivity index (χ4v) is 3.38. The van der Waals surface area contributed by atoms with Crippen molar-refractivity contribution in [2.45, 2.75) is 39.5 Å². The molecule has 2 heterocycles. The number of benzene rings is 1. The molecule has 11 heteroatoms. The SMILES string of the molecule is CCOC(=O)c1c(N(C)C(=O)OC(C)(C)C)c2ccc(C(F)(F)F)nc2n(-c2ccccc2)c1=O. The molecule has 0 spiro atoms. The number of fused-ring (bicyclic) bond motifs is 1. The van der Waals surface area contributed by atoms with Gasteiger partial charge in [-0.05, 0) is 52.0 Å². The molecule has 0 aliphatic heterocycles. The summed E-state index contributed by atoms with van der Waals surface area (Å²) in [5.74, 6) is -1.05. The van der Waals surface area contributed by atoms with E-state index in [0.29, 0.717) is 6.07 Å². The Hall–Kier alpha value is -3.89. The first-order valence-corrected chi connectivity index (χ1v) is 10.6. The van der Waals surface area contributed by atoms with E-state index in [1.165, 1.54) is 26.1 Å². The Balaban J connectivity index is 2.49. The molecule has 1 aromatic carbocycles. The zero-order chi connectivity index (χ0) is 26.1. The average molecular weight is 491 g/mol. The molecule has 3 rings (SSSR count). The van der Waals surface area contributed by atoms with Crippen molar-refractivity contribution >= 4 is 28.8 Å². The second-order valence-corrected chi connectivity index (χ2v) is 8.52. The van der Waals surface area contributed by atoms with Crippen molar-refractivity contribution in [1.82, 2.24) is 9.55 Å². The molecule has 0 unspecified atom stereocenters. The van der Waals surface area contributed by atoms with Gasteiger partial charge in [-0.3, -0.25) is 14.3 Å². The molecular weight excluding hydrogens is 467 g/mol. The van der Waals surface area contributed by atoms with Gasteiger partial charge in [-0.15, -0.1) is 0 Å². The number of nitrogens with zero attached hydrogens (tertiary/aromatic N) is 3. The van der Waals surface area contributed by atoms with E-state index < -0.39 is 46.3 Å². The number of carbonyl (C=O) groups excluding carboxylic acids is 2. The van der Waals surface area contributed by atoms with E-state index in [2.05, 4.69) is 4.98 Å². The van der Waals surface area contributed by atoms with Crippen LogP contribution in [-0.4, -0.2) is 40.9 Å². The van der Waals surface area contributed by atoms with Crippen LogP contribution in [0.4, 0.5) is 23.7 Å². The second kappa shape index (κ2) is 9.40. The third kappa shape index (κ3) is 5.28. The molecule has 0 radical (unpaired) electrons. The van der Waals surface area contributed by atoms with Crippen LogP contribution >= 0.6 is 0 Å². The topological polar surface area (TPSA) is 90.7 Å². The van der Waals surface area contributed by atoms with Crippen LogP contribution < -0.4 is 10.5 Å². The predicted molar refractivity (Wildman–Crippen MR) is 123 cm³/mol. The Morgan fingerprint density at radius 2 is 1.69 bits per heavy atom. The fraction of sp³-hybridized carbons (Fsp3) is 0.333. The number of esters is 1. The van der Waals surface area contributed by atoms with E-state index in [9.17, 15) is 27.6 Å². The number of pyridine rings is 2. The van der Waals surface area contributed by atoms with Crippen LogP contribution in [-0.2, 0) is 15.7 Å². The molecule has 0 bridgehead atoms. The normalized spacial score (nSPS) is 11.9. The van der Waals surface area contributed by atoms with Gasteiger partial charge in [0.25, 0.3) is 5.56 Å². The Bertz CT molecular complexity index is 1330. The van der Waals surface area contributed by atoms with Crippen molar-refractivity contribution in [2.75, 3.05) is 18.6 Å². The fourth-order valence-electron chi connectivity index (χ4n) is 3.38. The Kier molecular flexibility index (Phi) is 6.91. The number of aromatic nitrogens is 2. The lowest BCUT2D eigenvalue weighted by atomic mass is 10.1. The molecule has 0 saturated carbocycles. The van der Waals surface area contributed by atoms with Gasteiger partial charge in [0.1, 0.15) is 22.5 Å². The first kappa shape index (κ1) is 25.7. The maximum absolute atomic E-state index is 13.7. The van der Waals surface area contributed by atoms with Gasteiger partial charge < -0.3 is 9.47 Å². The summed E-state index contributed by atoms with van der Waals surface area (Å²) in [5, 5.41) is -0.0575. The summed E-state index contributed by atoms with van der Waals surface area (Å²) in [6.45, 7) is 6.31. The summed E-state index contributed by atoms with van der Waals surface area (Å²) in [4.78, 5) is 44.1. The standard InChI is InChI=1S/C24H24F3N3O5/c1-6-34-21(32)17-18(29(5)22(33)35-23(2,3)4)15-12-13-16(24(25,26)27)28-19(15)30(20(17)31)14-10-8-7-9-11-14/h7-13H,6H2,1-5H3. The minimum atomic E-state index is -4.80. The summed E-state index contributed by atoms with van der Waals surface area (Å²) >= 11 is 0. The monoisotopic (exact) mass is 491 g/mol. The lowest BCUT2D eigenvalue weighted by Gasteiger charge is -2.27. The van der Waals surface area contributed by atoms with Crippen molar-refractivity contribution in [3.05, 3.63) is 64.1 Å². The lowest BCUT2D eigenvalue weighted by Crippen LogP contribution is -2.38. The van der Waals surface area contributed by atoms with Crippen LogP contribution in [0.5, 0.6) is 0 Å². The van der Waals surface area contributed by atoms with Crippen LogP contribution in [0.3, 0.4) is 0 Å². The number of halogens is 3. The van der Waals surface area contributed by atoms with E-state index in [-0.39, 0.29) is 23.4 Å². The molecule has 0 aliphatic carbocycles. The van der Waals surface area contributed by atoms with Gasteiger partial charge in [0.15, 0.2) is 0 Å². The number of hydrogen-bond acceptors (Lipinski definition) is 6. The van der Waals surface area contributed by atoms with Gasteiger partial charge in [0.2, 0.25) is 0 Å². The van der Waals surface area contributed by atoms with Gasteiger partial charge in [0, 0.05) is 12.4 Å². The lowest BCUT2D eigenvalue weighted by molar-refractivity contribution is -0.141. The summed E-state index contributed by atoms with van der Waals surface area (Å²) in [5.41, 5.74) is -4.21. The van der Waals surface area contributed by atoms with Crippen molar-refractivity contribution in [2.24, 2.45) is 0 Å². The van der Waals surface area contributed by atoms with Crippen LogP contribution in [0, 0.1) is 0 Å². The smallest absolute Gasteiger partial charge is 0.433 e. The number of amides is 1. The highest BCUT2D eigenvalue weighted by molar-refractivity contribution is 6.09. The van der Waals surface area contributed by atoms with E-state index in [1.54, 1.807) is 39.0 Å². The molecule has 0 N–H and O–H groups in total. The first-order valence-electron chi connectivity index (χ1n) is 10.6. The second-order valence-electron chi connectivity index (χ2n) is 8.52. The molecule has 3 aromatic rings. The minimum Gasteiger partial charge on any atom is -0.462 e. The van der Waals surface area contributed by atoms with Gasteiger partial charge in [-0.2, -0.15) is 13.2 Å². The third-order valence-electron chi connectivity index (χ3n) is 4.78. The molecule has 0 aliphatic rings. The molecule has 0 fully saturated rings. The molecular formula is C24H24F3N3O5. The number of hydrogen-bond donors (Lipinski definition) is 0. The highest BCUT2D eigenvalue weighted by atomic mass is 19.4. The van der Waals surface area contributed by atoms with Gasteiger partial charge >= 0.3 is 18.2 Å². The van der Waals surface area contributed by atoms with Crippen molar-refractivity contribution < 1.29 is 32.2 Å². The van der Waals surface area contributed by atoms with Crippen LogP contribution in [0.15, 0.2) is 47.3 Å². The zero-order valence-electron chi connectivity index (χ0n) is 19.8. The maximum Gasteiger partial charge on any atom is 0.433 e. The largest absolute Gasteiger partial charge is 0.462 e. The molecule has 1 amide bonds. The summed E-state index contributed by atoms with van der Waals surface area (Å²) < 4.78 is 51.9. The van der Waals surface area contributed by atoms with Crippen molar-refractivity contribution in [3.63, 3.8) is 0 Å². The maximum atomic E-state index is 13.7. The molecule has 8 nitrogen and oxygen atoms in total. The molecule has 0 saturated heterocycles. The van der Waals surface area contributed by atoms with Crippen LogP contribution in [0.1, 0.15) is 43.7 Å². The van der Waals surface area contributed by atoms with E-state index in [4.69, 9.17) is 9.47 Å². The summed E-state index contributed by atoms with van der Waals surface area (Å²) in [6.07, 6.45) is -5.73. The van der Waals surface area contributed by atoms with Crippen molar-refractivity contribution in [1.29, 1.82) is 0 Å². The Morgan fingerprint density at radius 3 is 2.23 bits per heavy atom. The van der Waals surface area contributed by atoms with Crippen molar-refractivity contribution in [3.8, 4) is 5.69 Å². The average Bonchev–Trinajstić information content (AvgIpc) is 2.76. The number of alkyl halides is 3. The van der Waals surface area contributed by atoms with E-state index in [0.717, 1.165) is 15.5 Å². The summed E-state index contributed by atoms with van der Waals surface area (Å²) in [6, 6.07) is 9.54. The molecule has 35 heavy (non-hydrogen) atoms. The van der Waals surface area contributed by atoms with Gasteiger partial charge in [-0.25, -0.2) is 14.6 Å². The molecule has 2 aromatic heterocycles. The third-order valence-corrected chi connectivity index (χ3v) is 4.78. The minimum absolute atomic E-state index is 0.0575. The highest BCUT2D eigenvalue weighted by Crippen LogP contribution is 2.34. The molecule has 186 valence electrons. The quantitative estimate of drug-likeness (QED) is 0.480. The molecule has 0 atom stereocenters. The van der Waals surface area contributed by atoms with Gasteiger partial charge in [0.05, 0.1) is 18.0 Å². The predicted octanol–water partition coefficient (Wildman–Crippen LogP) is 4.95. The number of carbonyl (C=O) groups is 2. The van der Waals surface area contributed by atoms with Gasteiger partial charge in [-0.1, -0.05) is 18.2 Å². The number of rotatable bonds is 4. The van der Waals surface area contributed by atoms with Crippen LogP contribution in [0.2, 0.25) is 0 Å². The Morgan fingerprint density at radius 1 is 1.06 bits per heavy atom.